The molecule has 3 nitrogen and oxygen atoms in total. The number of ether oxygens (including phenoxy) is 1. The van der Waals surface area contributed by atoms with Gasteiger partial charge >= 0.3 is 0 Å². The fourth-order valence-electron chi connectivity index (χ4n) is 2.35. The number of amides is 1. The molecular formula is C16H9NO2S3. The Kier molecular flexibility index (Phi) is 3.37. The first-order valence-electron chi connectivity index (χ1n) is 6.52. The number of hydrogen-bond donors (Lipinski definition) is 1. The van der Waals surface area contributed by atoms with Crippen molar-refractivity contribution in [3.63, 3.8) is 0 Å². The van der Waals surface area contributed by atoms with Crippen LogP contribution in [0.4, 0.5) is 0 Å². The highest BCUT2D eigenvalue weighted by molar-refractivity contribution is 8.26. The number of hydrogen-bond acceptors (Lipinski definition) is 5. The van der Waals surface area contributed by atoms with Crippen LogP contribution in [0.3, 0.4) is 0 Å². The molecule has 108 valence electrons. The van der Waals surface area contributed by atoms with E-state index in [-0.39, 0.29) is 5.91 Å². The molecule has 0 bridgehead atoms. The van der Waals surface area contributed by atoms with Gasteiger partial charge in [0.2, 0.25) is 0 Å². The Balaban J connectivity index is 1.93. The molecule has 0 atom stereocenters. The van der Waals surface area contributed by atoms with Crippen LogP contribution in [-0.2, 0) is 4.79 Å². The maximum Gasteiger partial charge on any atom is 0.264 e. The van der Waals surface area contributed by atoms with E-state index in [2.05, 4.69) is 5.32 Å². The van der Waals surface area contributed by atoms with Crippen molar-refractivity contribution < 1.29 is 9.53 Å². The van der Waals surface area contributed by atoms with Crippen LogP contribution in [0.1, 0.15) is 10.4 Å². The summed E-state index contributed by atoms with van der Waals surface area (Å²) in [5.41, 5.74) is 1.76. The Morgan fingerprint density at radius 1 is 1.14 bits per heavy atom. The van der Waals surface area contributed by atoms with Gasteiger partial charge in [0.1, 0.15) is 15.8 Å². The van der Waals surface area contributed by atoms with Crippen LogP contribution in [0.15, 0.2) is 52.8 Å². The zero-order valence-corrected chi connectivity index (χ0v) is 13.6. The molecule has 0 aliphatic carbocycles. The minimum Gasteiger partial charge on any atom is -0.455 e. The van der Waals surface area contributed by atoms with Gasteiger partial charge in [-0.15, -0.1) is 11.3 Å². The summed E-state index contributed by atoms with van der Waals surface area (Å²) in [7, 11) is 0. The quantitative estimate of drug-likeness (QED) is 0.626. The number of allylic oxidation sites excluding steroid dienone is 2. The number of fused-ring (bicyclic) bond motifs is 1. The largest absolute Gasteiger partial charge is 0.455 e. The SMILES string of the molecule is O=C1NC(=S)S/C1=C1/C=C(c2cccs2)Oc2ccccc21. The zero-order valence-electron chi connectivity index (χ0n) is 11.2. The average Bonchev–Trinajstić information content (AvgIpc) is 3.16. The first kappa shape index (κ1) is 13.8. The molecule has 1 aromatic heterocycles. The summed E-state index contributed by atoms with van der Waals surface area (Å²) in [5, 5.41) is 4.67. The van der Waals surface area contributed by atoms with Gasteiger partial charge in [-0.05, 0) is 23.6 Å². The topological polar surface area (TPSA) is 38.3 Å². The molecule has 6 heteroatoms. The van der Waals surface area contributed by atoms with Crippen LogP contribution in [0, 0.1) is 0 Å². The monoisotopic (exact) mass is 343 g/mol. The first-order valence-corrected chi connectivity index (χ1v) is 8.63. The number of thioether (sulfide) groups is 1. The third kappa shape index (κ3) is 2.29. The summed E-state index contributed by atoms with van der Waals surface area (Å²) in [6.07, 6.45) is 1.92. The molecule has 1 fully saturated rings. The van der Waals surface area contributed by atoms with E-state index in [9.17, 15) is 4.79 Å². The van der Waals surface area contributed by atoms with Crippen LogP contribution in [0.25, 0.3) is 11.3 Å². The summed E-state index contributed by atoms with van der Waals surface area (Å²) in [6.45, 7) is 0. The fraction of sp³-hybridized carbons (Fsp3) is 0. The Morgan fingerprint density at radius 3 is 2.73 bits per heavy atom. The smallest absolute Gasteiger partial charge is 0.264 e. The second kappa shape index (κ2) is 5.39. The molecule has 2 aromatic rings. The Morgan fingerprint density at radius 2 is 2.00 bits per heavy atom. The minimum atomic E-state index is -0.150. The Bertz CT molecular complexity index is 850. The first-order chi connectivity index (χ1) is 10.7. The maximum atomic E-state index is 12.1. The van der Waals surface area contributed by atoms with Gasteiger partial charge in [-0.2, -0.15) is 0 Å². The molecule has 1 aromatic carbocycles. The summed E-state index contributed by atoms with van der Waals surface area (Å²) >= 11 is 7.99. The summed E-state index contributed by atoms with van der Waals surface area (Å²) in [4.78, 5) is 13.8. The highest BCUT2D eigenvalue weighted by Gasteiger charge is 2.29. The average molecular weight is 343 g/mol. The van der Waals surface area contributed by atoms with E-state index in [0.717, 1.165) is 27.5 Å². The van der Waals surface area contributed by atoms with E-state index < -0.39 is 0 Å². The summed E-state index contributed by atoms with van der Waals surface area (Å²) in [5.74, 6) is 1.35. The summed E-state index contributed by atoms with van der Waals surface area (Å²) < 4.78 is 6.48. The number of thiocarbonyl (C=S) groups is 1. The van der Waals surface area contributed by atoms with Crippen LogP contribution in [-0.4, -0.2) is 10.2 Å². The second-order valence-electron chi connectivity index (χ2n) is 4.67. The molecule has 0 radical (unpaired) electrons. The van der Waals surface area contributed by atoms with Crippen molar-refractivity contribution in [2.24, 2.45) is 0 Å². The second-order valence-corrected chi connectivity index (χ2v) is 7.31. The number of rotatable bonds is 1. The van der Waals surface area contributed by atoms with Crippen molar-refractivity contribution in [2.75, 3.05) is 0 Å². The zero-order chi connectivity index (χ0) is 15.1. The molecule has 2 aliphatic heterocycles. The van der Waals surface area contributed by atoms with Gasteiger partial charge in [0.15, 0.2) is 0 Å². The van der Waals surface area contributed by atoms with Crippen LogP contribution >= 0.6 is 35.3 Å². The lowest BCUT2D eigenvalue weighted by molar-refractivity contribution is -0.115. The van der Waals surface area contributed by atoms with Gasteiger partial charge < -0.3 is 10.1 Å². The Labute approximate surface area is 140 Å². The van der Waals surface area contributed by atoms with Gasteiger partial charge in [-0.3, -0.25) is 4.79 Å². The van der Waals surface area contributed by atoms with E-state index in [0.29, 0.717) is 9.23 Å². The van der Waals surface area contributed by atoms with Crippen molar-refractivity contribution in [3.8, 4) is 5.75 Å². The van der Waals surface area contributed by atoms with Gasteiger partial charge in [0.25, 0.3) is 5.91 Å². The third-order valence-corrected chi connectivity index (χ3v) is 5.43. The van der Waals surface area contributed by atoms with Crippen molar-refractivity contribution in [1.82, 2.24) is 5.32 Å². The van der Waals surface area contributed by atoms with E-state index >= 15 is 0 Å². The number of nitrogens with one attached hydrogen (secondary N) is 1. The Hall–Kier alpha value is -1.89. The van der Waals surface area contributed by atoms with Crippen LogP contribution < -0.4 is 10.1 Å². The maximum absolute atomic E-state index is 12.1. The number of para-hydroxylation sites is 1. The normalized spacial score (nSPS) is 20.3. The van der Waals surface area contributed by atoms with Crippen molar-refractivity contribution in [1.29, 1.82) is 0 Å². The molecular weight excluding hydrogens is 334 g/mol. The molecule has 0 unspecified atom stereocenters. The molecule has 3 heterocycles. The third-order valence-electron chi connectivity index (χ3n) is 3.30. The van der Waals surface area contributed by atoms with Gasteiger partial charge in [-0.25, -0.2) is 0 Å². The summed E-state index contributed by atoms with van der Waals surface area (Å²) in [6, 6.07) is 11.7. The highest BCUT2D eigenvalue weighted by atomic mass is 32.2. The van der Waals surface area contributed by atoms with E-state index in [1.807, 2.05) is 47.9 Å². The fourth-order valence-corrected chi connectivity index (χ4v) is 4.13. The molecule has 22 heavy (non-hydrogen) atoms. The molecule has 0 saturated carbocycles. The van der Waals surface area contributed by atoms with Crippen LogP contribution in [0.2, 0.25) is 0 Å². The van der Waals surface area contributed by atoms with Gasteiger partial charge in [-0.1, -0.05) is 48.2 Å². The lowest BCUT2D eigenvalue weighted by atomic mass is 10.0. The lowest BCUT2D eigenvalue weighted by Crippen LogP contribution is -2.18. The number of benzene rings is 1. The van der Waals surface area contributed by atoms with Crippen molar-refractivity contribution in [2.45, 2.75) is 0 Å². The highest BCUT2D eigenvalue weighted by Crippen LogP contribution is 2.42. The van der Waals surface area contributed by atoms with E-state index in [4.69, 9.17) is 17.0 Å². The van der Waals surface area contributed by atoms with E-state index in [1.165, 1.54) is 11.8 Å². The number of thiophene rings is 1. The van der Waals surface area contributed by atoms with Crippen molar-refractivity contribution >= 4 is 56.9 Å². The molecule has 1 N–H and O–H groups in total. The number of carbonyl (C=O) groups excluding carboxylic acids is 1. The molecule has 1 amide bonds. The minimum absolute atomic E-state index is 0.150. The molecule has 2 aliphatic rings. The molecule has 0 spiro atoms. The van der Waals surface area contributed by atoms with Gasteiger partial charge in [0, 0.05) is 11.1 Å². The standard InChI is InChI=1S/C16H9NO2S3/c18-15-14(22-16(20)17-15)10-8-12(13-6-3-7-21-13)19-11-5-2-1-4-9(10)11/h1-8H,(H,17,18,20)/b14-10-. The molecule has 1 saturated heterocycles. The van der Waals surface area contributed by atoms with Gasteiger partial charge in [0.05, 0.1) is 9.78 Å². The molecule has 4 rings (SSSR count). The predicted octanol–water partition coefficient (Wildman–Crippen LogP) is 4.04. The number of carbonyl (C=O) groups is 1. The predicted molar refractivity (Wildman–Crippen MR) is 94.6 cm³/mol. The van der Waals surface area contributed by atoms with Crippen LogP contribution in [0.5, 0.6) is 5.75 Å². The van der Waals surface area contributed by atoms with Crippen molar-refractivity contribution in [3.05, 3.63) is 63.2 Å². The lowest BCUT2D eigenvalue weighted by Gasteiger charge is -2.20. The van der Waals surface area contributed by atoms with E-state index in [1.54, 1.807) is 11.3 Å².